The number of benzene rings is 1. The van der Waals surface area contributed by atoms with Gasteiger partial charge in [0.1, 0.15) is 11.8 Å². The molecule has 2 atom stereocenters. The van der Waals surface area contributed by atoms with Crippen molar-refractivity contribution in [2.45, 2.75) is 69.7 Å². The lowest BCUT2D eigenvalue weighted by Crippen LogP contribution is -2.52. The van der Waals surface area contributed by atoms with Crippen molar-refractivity contribution in [3.63, 3.8) is 0 Å². The number of H-pyrrole nitrogens is 1. The second-order valence-corrected chi connectivity index (χ2v) is 10.6. The highest BCUT2D eigenvalue weighted by molar-refractivity contribution is 5.80. The molecule has 1 aliphatic carbocycles. The van der Waals surface area contributed by atoms with Gasteiger partial charge >= 0.3 is 0 Å². The summed E-state index contributed by atoms with van der Waals surface area (Å²) < 4.78 is 13.1. The van der Waals surface area contributed by atoms with Crippen LogP contribution in [0.4, 0.5) is 0 Å². The first-order valence-electron chi connectivity index (χ1n) is 13.8. The van der Waals surface area contributed by atoms with Crippen molar-refractivity contribution in [3.8, 4) is 5.75 Å². The Labute approximate surface area is 216 Å². The van der Waals surface area contributed by atoms with Crippen molar-refractivity contribution < 1.29 is 9.47 Å². The third-order valence-corrected chi connectivity index (χ3v) is 8.39. The van der Waals surface area contributed by atoms with E-state index in [4.69, 9.17) is 9.47 Å². The van der Waals surface area contributed by atoms with Gasteiger partial charge in [-0.3, -0.25) is 14.6 Å². The van der Waals surface area contributed by atoms with Crippen LogP contribution < -0.4 is 10.3 Å². The summed E-state index contributed by atoms with van der Waals surface area (Å²) in [5.74, 6) is 1.42. The minimum atomic E-state index is -0.333. The van der Waals surface area contributed by atoms with Gasteiger partial charge < -0.3 is 14.5 Å². The molecule has 198 valence electrons. The summed E-state index contributed by atoms with van der Waals surface area (Å²) in [7, 11) is 1.63. The number of aromatic nitrogens is 5. The van der Waals surface area contributed by atoms with Crippen LogP contribution >= 0.6 is 0 Å². The summed E-state index contributed by atoms with van der Waals surface area (Å²) in [6.07, 6.45) is 8.81. The van der Waals surface area contributed by atoms with E-state index in [0.29, 0.717) is 29.7 Å². The van der Waals surface area contributed by atoms with E-state index in [2.05, 4.69) is 30.3 Å². The Morgan fingerprint density at radius 1 is 1.08 bits per heavy atom. The normalized spacial score (nSPS) is 23.0. The topological polar surface area (TPSA) is 101 Å². The number of fused-ring (bicyclic) bond motifs is 1. The number of tetrazole rings is 1. The van der Waals surface area contributed by atoms with Crippen LogP contribution in [0.5, 0.6) is 5.75 Å². The monoisotopic (exact) mass is 507 g/mol. The lowest BCUT2D eigenvalue weighted by atomic mass is 9.93. The predicted octanol–water partition coefficient (Wildman–Crippen LogP) is 2.74. The standard InChI is InChI=1S/C27H37N7O3/c1-36-21-10-9-19-16-23(27(35)28-24(19)17-21)25(26-29-30-31-34(26)18-22-8-5-15-37-22)33-13-11-32(12-14-33)20-6-3-2-4-7-20/h9-10,16-17,20,22,25H,2-8,11-15,18H2,1H3,(H,28,35)/t22-,25+/m0/s1. The second-order valence-electron chi connectivity index (χ2n) is 10.6. The van der Waals surface area contributed by atoms with Crippen LogP contribution in [0.15, 0.2) is 29.1 Å². The summed E-state index contributed by atoms with van der Waals surface area (Å²) in [6, 6.07) is 8.13. The number of rotatable bonds is 7. The molecule has 2 aromatic heterocycles. The number of nitrogens with one attached hydrogen (secondary N) is 1. The van der Waals surface area contributed by atoms with E-state index < -0.39 is 0 Å². The molecule has 0 amide bonds. The Bertz CT molecular complexity index is 1250. The number of piperazine rings is 1. The molecule has 6 rings (SSSR count). The van der Waals surface area contributed by atoms with E-state index in [9.17, 15) is 4.79 Å². The van der Waals surface area contributed by atoms with Gasteiger partial charge in [0.25, 0.3) is 5.56 Å². The third-order valence-electron chi connectivity index (χ3n) is 8.39. The highest BCUT2D eigenvalue weighted by Gasteiger charge is 2.35. The van der Waals surface area contributed by atoms with Crippen LogP contribution in [0.3, 0.4) is 0 Å². The van der Waals surface area contributed by atoms with Crippen molar-refractivity contribution in [2.75, 3.05) is 39.9 Å². The van der Waals surface area contributed by atoms with Crippen LogP contribution in [0.25, 0.3) is 10.9 Å². The number of hydrogen-bond donors (Lipinski definition) is 1. The number of pyridine rings is 1. The maximum Gasteiger partial charge on any atom is 0.253 e. The quantitative estimate of drug-likeness (QED) is 0.521. The number of ether oxygens (including phenoxy) is 2. The molecule has 0 unspecified atom stereocenters. The van der Waals surface area contributed by atoms with Crippen LogP contribution in [-0.2, 0) is 11.3 Å². The molecule has 0 bridgehead atoms. The predicted molar refractivity (Wildman–Crippen MR) is 140 cm³/mol. The zero-order chi connectivity index (χ0) is 25.2. The lowest BCUT2D eigenvalue weighted by molar-refractivity contribution is 0.0593. The van der Waals surface area contributed by atoms with Crippen LogP contribution in [0.1, 0.15) is 62.4 Å². The maximum absolute atomic E-state index is 13.5. The first-order chi connectivity index (χ1) is 18.2. The van der Waals surface area contributed by atoms with Crippen molar-refractivity contribution in [1.29, 1.82) is 0 Å². The van der Waals surface area contributed by atoms with Gasteiger partial charge in [0, 0.05) is 50.5 Å². The number of hydrogen-bond acceptors (Lipinski definition) is 8. The Hall–Kier alpha value is -2.82. The summed E-state index contributed by atoms with van der Waals surface area (Å²) in [5.41, 5.74) is 1.31. The molecule has 1 saturated carbocycles. The minimum absolute atomic E-state index is 0.105. The molecule has 4 heterocycles. The van der Waals surface area contributed by atoms with Gasteiger partial charge in [-0.2, -0.15) is 0 Å². The first-order valence-corrected chi connectivity index (χ1v) is 13.8. The molecule has 3 aliphatic rings. The minimum Gasteiger partial charge on any atom is -0.497 e. The van der Waals surface area contributed by atoms with E-state index >= 15 is 0 Å². The summed E-state index contributed by atoms with van der Waals surface area (Å²) in [6.45, 7) is 5.11. The van der Waals surface area contributed by atoms with Gasteiger partial charge in [0.15, 0.2) is 5.82 Å². The van der Waals surface area contributed by atoms with Gasteiger partial charge in [-0.25, -0.2) is 4.68 Å². The molecule has 2 aliphatic heterocycles. The molecule has 2 saturated heterocycles. The Kier molecular flexibility index (Phi) is 7.21. The fourth-order valence-corrected chi connectivity index (χ4v) is 6.35. The first kappa shape index (κ1) is 24.5. The average molecular weight is 508 g/mol. The lowest BCUT2D eigenvalue weighted by Gasteiger charge is -2.43. The van der Waals surface area contributed by atoms with Crippen molar-refractivity contribution in [1.82, 2.24) is 35.0 Å². The maximum atomic E-state index is 13.5. The van der Waals surface area contributed by atoms with Gasteiger partial charge in [0.05, 0.1) is 25.3 Å². The molecule has 10 heteroatoms. The molecule has 37 heavy (non-hydrogen) atoms. The number of methoxy groups -OCH3 is 1. The second kappa shape index (κ2) is 10.9. The molecule has 1 aromatic carbocycles. The molecule has 1 N–H and O–H groups in total. The van der Waals surface area contributed by atoms with Crippen molar-refractivity contribution in [3.05, 3.63) is 46.0 Å². The number of aromatic amines is 1. The largest absolute Gasteiger partial charge is 0.497 e. The van der Waals surface area contributed by atoms with E-state index in [1.165, 1.54) is 32.1 Å². The van der Waals surface area contributed by atoms with Crippen molar-refractivity contribution in [2.24, 2.45) is 0 Å². The van der Waals surface area contributed by atoms with Crippen LogP contribution in [-0.4, -0.2) is 87.0 Å². The van der Waals surface area contributed by atoms with Crippen LogP contribution in [0.2, 0.25) is 0 Å². The van der Waals surface area contributed by atoms with Gasteiger partial charge in [-0.1, -0.05) is 19.3 Å². The molecular formula is C27H37N7O3. The van der Waals surface area contributed by atoms with Gasteiger partial charge in [-0.05, 0) is 59.7 Å². The SMILES string of the molecule is COc1ccc2cc([C@H](c3nnnn3C[C@@H]3CCCO3)N3CCN(C4CCCCC4)CC3)c(=O)[nH]c2c1. The van der Waals surface area contributed by atoms with Crippen LogP contribution in [0, 0.1) is 0 Å². The molecule has 0 radical (unpaired) electrons. The van der Waals surface area contributed by atoms with Crippen molar-refractivity contribution >= 4 is 10.9 Å². The highest BCUT2D eigenvalue weighted by atomic mass is 16.5. The molecule has 3 fully saturated rings. The van der Waals surface area contributed by atoms with E-state index in [1.807, 2.05) is 28.9 Å². The smallest absolute Gasteiger partial charge is 0.253 e. The Morgan fingerprint density at radius 2 is 1.92 bits per heavy atom. The Balaban J connectivity index is 1.34. The zero-order valence-corrected chi connectivity index (χ0v) is 21.6. The highest BCUT2D eigenvalue weighted by Crippen LogP contribution is 2.31. The van der Waals surface area contributed by atoms with Gasteiger partial charge in [-0.15, -0.1) is 5.10 Å². The van der Waals surface area contributed by atoms with Gasteiger partial charge in [0.2, 0.25) is 0 Å². The van der Waals surface area contributed by atoms with E-state index in [1.54, 1.807) is 7.11 Å². The molecule has 0 spiro atoms. The summed E-state index contributed by atoms with van der Waals surface area (Å²) in [4.78, 5) is 21.7. The fraction of sp³-hybridized carbons (Fsp3) is 0.630. The summed E-state index contributed by atoms with van der Waals surface area (Å²) in [5, 5.41) is 13.8. The molecular weight excluding hydrogens is 470 g/mol. The zero-order valence-electron chi connectivity index (χ0n) is 21.6. The Morgan fingerprint density at radius 3 is 2.68 bits per heavy atom. The number of nitrogens with zero attached hydrogens (tertiary/aromatic N) is 6. The summed E-state index contributed by atoms with van der Waals surface area (Å²) >= 11 is 0. The third kappa shape index (κ3) is 5.15. The van der Waals surface area contributed by atoms with E-state index in [0.717, 1.165) is 56.5 Å². The molecule has 3 aromatic rings. The molecule has 10 nitrogen and oxygen atoms in total. The average Bonchev–Trinajstić information content (AvgIpc) is 3.63. The van der Waals surface area contributed by atoms with E-state index in [-0.39, 0.29) is 17.7 Å². The fourth-order valence-electron chi connectivity index (χ4n) is 6.35.